The van der Waals surface area contributed by atoms with Crippen molar-refractivity contribution in [2.24, 2.45) is 0 Å². The van der Waals surface area contributed by atoms with Crippen molar-refractivity contribution in [2.45, 2.75) is 20.3 Å². The highest BCUT2D eigenvalue weighted by Gasteiger charge is 2.03. The summed E-state index contributed by atoms with van der Waals surface area (Å²) in [6.07, 6.45) is 1.82. The van der Waals surface area contributed by atoms with Crippen molar-refractivity contribution >= 4 is 18.0 Å². The molecule has 0 saturated heterocycles. The number of carboxylic acids is 1. The number of hydrogen-bond acceptors (Lipinski definition) is 3. The van der Waals surface area contributed by atoms with Crippen LogP contribution in [0.15, 0.2) is 29.8 Å². The second kappa shape index (κ2) is 5.84. The molecule has 90 valence electrons. The Labute approximate surface area is 99.5 Å². The number of aliphatic carboxylic acids is 1. The molecule has 0 aromatic heterocycles. The van der Waals surface area contributed by atoms with Crippen molar-refractivity contribution in [1.82, 2.24) is 0 Å². The Bertz CT molecular complexity index is 460. The maximum absolute atomic E-state index is 11.1. The average molecular weight is 234 g/mol. The van der Waals surface area contributed by atoms with Gasteiger partial charge in [-0.3, -0.25) is 4.79 Å². The third kappa shape index (κ3) is 4.10. The lowest BCUT2D eigenvalue weighted by atomic mass is 10.1. The van der Waals surface area contributed by atoms with Crippen LogP contribution in [0.25, 0.3) is 6.08 Å². The molecule has 0 aliphatic rings. The van der Waals surface area contributed by atoms with Crippen LogP contribution in [0.4, 0.5) is 0 Å². The highest BCUT2D eigenvalue weighted by atomic mass is 16.5. The van der Waals surface area contributed by atoms with Gasteiger partial charge >= 0.3 is 11.9 Å². The molecule has 0 unspecified atom stereocenters. The molecule has 0 heterocycles. The summed E-state index contributed by atoms with van der Waals surface area (Å²) < 4.78 is 5.03. The molecule has 0 bridgehead atoms. The number of hydrogen-bond donors (Lipinski definition) is 1. The molecule has 4 nitrogen and oxygen atoms in total. The molecule has 0 atom stereocenters. The van der Waals surface area contributed by atoms with E-state index < -0.39 is 5.97 Å². The monoisotopic (exact) mass is 234 g/mol. The van der Waals surface area contributed by atoms with E-state index in [1.807, 2.05) is 0 Å². The van der Waals surface area contributed by atoms with Gasteiger partial charge in [-0.2, -0.15) is 0 Å². The lowest BCUT2D eigenvalue weighted by Crippen LogP contribution is -2.05. The van der Waals surface area contributed by atoms with Gasteiger partial charge in [-0.25, -0.2) is 4.79 Å². The average Bonchev–Trinajstić information content (AvgIpc) is 2.29. The first-order valence-corrected chi connectivity index (χ1v) is 5.25. The lowest BCUT2D eigenvalue weighted by molar-refractivity contribution is -0.134. The summed E-state index contributed by atoms with van der Waals surface area (Å²) in [5.41, 5.74) is 0.912. The van der Waals surface area contributed by atoms with Crippen LogP contribution in [0.5, 0.6) is 5.75 Å². The predicted molar refractivity (Wildman–Crippen MR) is 63.7 cm³/mol. The van der Waals surface area contributed by atoms with Crippen LogP contribution < -0.4 is 4.74 Å². The molecular formula is C13H14O4. The lowest BCUT2D eigenvalue weighted by Gasteiger charge is -2.03. The first-order chi connectivity index (χ1) is 8.02. The van der Waals surface area contributed by atoms with Crippen LogP contribution in [0.2, 0.25) is 0 Å². The number of benzene rings is 1. The van der Waals surface area contributed by atoms with Gasteiger partial charge in [0.05, 0.1) is 0 Å². The van der Waals surface area contributed by atoms with Gasteiger partial charge in [-0.15, -0.1) is 0 Å². The molecule has 0 fully saturated rings. The van der Waals surface area contributed by atoms with Gasteiger partial charge in [0.2, 0.25) is 0 Å². The fourth-order valence-electron chi connectivity index (χ4n) is 1.18. The van der Waals surface area contributed by atoms with Crippen LogP contribution in [0, 0.1) is 0 Å². The quantitative estimate of drug-likeness (QED) is 0.494. The third-order valence-corrected chi connectivity index (χ3v) is 2.10. The summed E-state index contributed by atoms with van der Waals surface area (Å²) in [5, 5.41) is 8.74. The zero-order valence-corrected chi connectivity index (χ0v) is 9.77. The van der Waals surface area contributed by atoms with Crippen LogP contribution >= 0.6 is 0 Å². The van der Waals surface area contributed by atoms with Gasteiger partial charge in [-0.1, -0.05) is 19.1 Å². The maximum Gasteiger partial charge on any atom is 0.331 e. The van der Waals surface area contributed by atoms with Crippen molar-refractivity contribution in [1.29, 1.82) is 0 Å². The van der Waals surface area contributed by atoms with Crippen molar-refractivity contribution < 1.29 is 19.4 Å². The van der Waals surface area contributed by atoms with Gasteiger partial charge in [0.15, 0.2) is 0 Å². The van der Waals surface area contributed by atoms with E-state index in [1.54, 1.807) is 31.2 Å². The summed E-state index contributed by atoms with van der Waals surface area (Å²) in [6, 6.07) is 6.73. The highest BCUT2D eigenvalue weighted by molar-refractivity contribution is 5.91. The van der Waals surface area contributed by atoms with E-state index >= 15 is 0 Å². The number of carboxylic acid groups (broad SMARTS) is 1. The standard InChI is InChI=1S/C13H14O4/c1-3-12(14)17-11-6-4-5-10(8-11)7-9(2)13(15)16/h4-8H,3H2,1-2H3,(H,15,16)/b9-7+. The van der Waals surface area contributed by atoms with Crippen LogP contribution in [-0.2, 0) is 9.59 Å². The van der Waals surface area contributed by atoms with E-state index in [4.69, 9.17) is 9.84 Å². The fraction of sp³-hybridized carbons (Fsp3) is 0.231. The Morgan fingerprint density at radius 3 is 2.71 bits per heavy atom. The van der Waals surface area contributed by atoms with Crippen molar-refractivity contribution in [3.05, 3.63) is 35.4 Å². The molecule has 1 N–H and O–H groups in total. The normalized spacial score (nSPS) is 11.1. The molecule has 4 heteroatoms. The maximum atomic E-state index is 11.1. The minimum atomic E-state index is -0.971. The minimum Gasteiger partial charge on any atom is -0.478 e. The topological polar surface area (TPSA) is 63.6 Å². The van der Waals surface area contributed by atoms with E-state index in [0.717, 1.165) is 0 Å². The van der Waals surface area contributed by atoms with E-state index in [0.29, 0.717) is 17.7 Å². The van der Waals surface area contributed by atoms with Crippen molar-refractivity contribution in [3.8, 4) is 5.75 Å². The van der Waals surface area contributed by atoms with Crippen LogP contribution in [-0.4, -0.2) is 17.0 Å². The largest absolute Gasteiger partial charge is 0.478 e. The fourth-order valence-corrected chi connectivity index (χ4v) is 1.18. The second-order valence-electron chi connectivity index (χ2n) is 3.53. The Morgan fingerprint density at radius 1 is 1.41 bits per heavy atom. The smallest absolute Gasteiger partial charge is 0.331 e. The Kier molecular flexibility index (Phi) is 4.46. The first-order valence-electron chi connectivity index (χ1n) is 5.25. The zero-order chi connectivity index (χ0) is 12.8. The molecule has 0 amide bonds. The highest BCUT2D eigenvalue weighted by Crippen LogP contribution is 2.16. The van der Waals surface area contributed by atoms with Gasteiger partial charge in [0.1, 0.15) is 5.75 Å². The summed E-state index contributed by atoms with van der Waals surface area (Å²) >= 11 is 0. The molecule has 1 aromatic carbocycles. The Morgan fingerprint density at radius 2 is 2.12 bits per heavy atom. The summed E-state index contributed by atoms with van der Waals surface area (Å²) in [5.74, 6) is -0.870. The Hall–Kier alpha value is -2.10. The van der Waals surface area contributed by atoms with E-state index in [1.165, 1.54) is 13.0 Å². The predicted octanol–water partition coefficient (Wildman–Crippen LogP) is 2.49. The summed E-state index contributed by atoms with van der Waals surface area (Å²) in [4.78, 5) is 21.8. The molecule has 1 aromatic rings. The Balaban J connectivity index is 2.90. The molecule has 17 heavy (non-hydrogen) atoms. The van der Waals surface area contributed by atoms with Gasteiger partial charge in [-0.05, 0) is 30.7 Å². The third-order valence-electron chi connectivity index (χ3n) is 2.10. The first kappa shape index (κ1) is 13.0. The second-order valence-corrected chi connectivity index (χ2v) is 3.53. The van der Waals surface area contributed by atoms with Crippen LogP contribution in [0.3, 0.4) is 0 Å². The van der Waals surface area contributed by atoms with Crippen molar-refractivity contribution in [3.63, 3.8) is 0 Å². The molecule has 0 aliphatic heterocycles. The summed E-state index contributed by atoms with van der Waals surface area (Å²) in [7, 11) is 0. The van der Waals surface area contributed by atoms with Gasteiger partial charge in [0.25, 0.3) is 0 Å². The molecule has 0 aliphatic carbocycles. The number of carbonyl (C=O) groups excluding carboxylic acids is 1. The zero-order valence-electron chi connectivity index (χ0n) is 9.77. The molecule has 0 saturated carbocycles. The molecule has 0 radical (unpaired) electrons. The van der Waals surface area contributed by atoms with Crippen molar-refractivity contribution in [2.75, 3.05) is 0 Å². The van der Waals surface area contributed by atoms with Crippen LogP contribution in [0.1, 0.15) is 25.8 Å². The SMILES string of the molecule is CCC(=O)Oc1cccc(/C=C(\C)C(=O)O)c1. The number of carbonyl (C=O) groups is 2. The number of ether oxygens (including phenoxy) is 1. The van der Waals surface area contributed by atoms with Gasteiger partial charge in [0, 0.05) is 12.0 Å². The molecule has 1 rings (SSSR count). The van der Waals surface area contributed by atoms with E-state index in [2.05, 4.69) is 0 Å². The number of rotatable bonds is 4. The minimum absolute atomic E-state index is 0.226. The van der Waals surface area contributed by atoms with Gasteiger partial charge < -0.3 is 9.84 Å². The molecular weight excluding hydrogens is 220 g/mol. The van der Waals surface area contributed by atoms with E-state index in [9.17, 15) is 9.59 Å². The number of esters is 1. The summed E-state index contributed by atoms with van der Waals surface area (Å²) in [6.45, 7) is 3.22. The molecule has 0 spiro atoms. The van der Waals surface area contributed by atoms with E-state index in [-0.39, 0.29) is 11.5 Å².